The van der Waals surface area contributed by atoms with E-state index in [1.165, 1.54) is 5.56 Å². The molecule has 4 heteroatoms. The van der Waals surface area contributed by atoms with Crippen molar-refractivity contribution in [2.45, 2.75) is 18.9 Å². The molecule has 19 heavy (non-hydrogen) atoms. The molecule has 0 saturated heterocycles. The van der Waals surface area contributed by atoms with E-state index in [0.29, 0.717) is 16.5 Å². The highest BCUT2D eigenvalue weighted by Gasteiger charge is 2.09. The predicted octanol–water partition coefficient (Wildman–Crippen LogP) is 4.87. The van der Waals surface area contributed by atoms with Gasteiger partial charge in [-0.25, -0.2) is 0 Å². The second-order valence-corrected chi connectivity index (χ2v) is 6.29. The van der Waals surface area contributed by atoms with Crippen LogP contribution in [0.5, 0.6) is 0 Å². The molecule has 1 atom stereocenters. The van der Waals surface area contributed by atoms with Crippen molar-refractivity contribution in [3.8, 4) is 0 Å². The Hall–Kier alpha value is -0.540. The molecule has 1 unspecified atom stereocenters. The van der Waals surface area contributed by atoms with Crippen LogP contribution in [0.1, 0.15) is 11.1 Å². The average Bonchev–Trinajstić information content (AvgIpc) is 2.34. The summed E-state index contributed by atoms with van der Waals surface area (Å²) in [5.74, 6) is 0. The van der Waals surface area contributed by atoms with Crippen LogP contribution in [-0.4, -0.2) is 6.04 Å². The molecule has 0 saturated carbocycles. The van der Waals surface area contributed by atoms with Crippen molar-refractivity contribution in [3.63, 3.8) is 0 Å². The molecular formula is C15H14BrCl2N. The van der Waals surface area contributed by atoms with Gasteiger partial charge in [0.05, 0.1) is 0 Å². The molecule has 100 valence electrons. The molecule has 1 nitrogen and oxygen atoms in total. The molecule has 0 fully saturated rings. The maximum absolute atomic E-state index is 6.19. The maximum Gasteiger partial charge on any atom is 0.0439 e. The highest BCUT2D eigenvalue weighted by molar-refractivity contribution is 9.10. The van der Waals surface area contributed by atoms with Crippen LogP contribution in [0.15, 0.2) is 46.9 Å². The van der Waals surface area contributed by atoms with Gasteiger partial charge >= 0.3 is 0 Å². The van der Waals surface area contributed by atoms with Gasteiger partial charge in [0.2, 0.25) is 0 Å². The molecule has 0 spiro atoms. The first-order chi connectivity index (χ1) is 9.04. The van der Waals surface area contributed by atoms with Crippen molar-refractivity contribution in [1.29, 1.82) is 0 Å². The lowest BCUT2D eigenvalue weighted by Crippen LogP contribution is -2.25. The average molecular weight is 359 g/mol. The Morgan fingerprint density at radius 2 is 1.84 bits per heavy atom. The zero-order valence-electron chi connectivity index (χ0n) is 10.2. The lowest BCUT2D eigenvalue weighted by atomic mass is 10.00. The monoisotopic (exact) mass is 357 g/mol. The summed E-state index contributed by atoms with van der Waals surface area (Å²) in [5, 5.41) is 1.41. The zero-order chi connectivity index (χ0) is 13.8. The van der Waals surface area contributed by atoms with E-state index in [9.17, 15) is 0 Å². The van der Waals surface area contributed by atoms with Crippen LogP contribution < -0.4 is 5.73 Å². The van der Waals surface area contributed by atoms with Crippen LogP contribution in [-0.2, 0) is 12.8 Å². The van der Waals surface area contributed by atoms with Crippen molar-refractivity contribution < 1.29 is 0 Å². The summed E-state index contributed by atoms with van der Waals surface area (Å²) in [6, 6.07) is 13.7. The summed E-state index contributed by atoms with van der Waals surface area (Å²) in [4.78, 5) is 0. The molecule has 2 aromatic rings. The molecule has 0 aromatic heterocycles. The predicted molar refractivity (Wildman–Crippen MR) is 86.0 cm³/mol. The first-order valence-corrected chi connectivity index (χ1v) is 7.53. The van der Waals surface area contributed by atoms with Gasteiger partial charge in [-0.3, -0.25) is 0 Å². The van der Waals surface area contributed by atoms with E-state index in [2.05, 4.69) is 28.1 Å². The van der Waals surface area contributed by atoms with Crippen molar-refractivity contribution in [2.75, 3.05) is 0 Å². The van der Waals surface area contributed by atoms with Crippen LogP contribution in [0.4, 0.5) is 0 Å². The summed E-state index contributed by atoms with van der Waals surface area (Å²) in [6.07, 6.45) is 1.52. The third-order valence-electron chi connectivity index (χ3n) is 2.88. The molecule has 0 amide bonds. The lowest BCUT2D eigenvalue weighted by molar-refractivity contribution is 0.665. The number of hydrogen-bond acceptors (Lipinski definition) is 1. The van der Waals surface area contributed by atoms with Crippen LogP contribution in [0, 0.1) is 0 Å². The zero-order valence-corrected chi connectivity index (χ0v) is 13.3. The van der Waals surface area contributed by atoms with E-state index in [1.54, 1.807) is 6.07 Å². The molecule has 0 radical (unpaired) electrons. The van der Waals surface area contributed by atoms with E-state index in [1.807, 2.05) is 24.3 Å². The second kappa shape index (κ2) is 6.76. The molecule has 2 aromatic carbocycles. The number of benzene rings is 2. The van der Waals surface area contributed by atoms with Crippen molar-refractivity contribution in [2.24, 2.45) is 5.73 Å². The first kappa shape index (κ1) is 14.9. The minimum Gasteiger partial charge on any atom is -0.327 e. The first-order valence-electron chi connectivity index (χ1n) is 5.98. The number of halogens is 3. The largest absolute Gasteiger partial charge is 0.327 e. The quantitative estimate of drug-likeness (QED) is 0.828. The van der Waals surface area contributed by atoms with Crippen molar-refractivity contribution in [3.05, 3.63) is 68.1 Å². The van der Waals surface area contributed by atoms with E-state index in [4.69, 9.17) is 28.9 Å². The van der Waals surface area contributed by atoms with Crippen LogP contribution in [0.25, 0.3) is 0 Å². The minimum absolute atomic E-state index is 0.0188. The molecule has 0 aliphatic heterocycles. The van der Waals surface area contributed by atoms with Gasteiger partial charge in [0, 0.05) is 20.6 Å². The van der Waals surface area contributed by atoms with Gasteiger partial charge in [-0.1, -0.05) is 51.3 Å². The molecule has 0 aliphatic rings. The summed E-state index contributed by atoms with van der Waals surface area (Å²) >= 11 is 15.6. The fourth-order valence-corrected chi connectivity index (χ4v) is 2.86. The fraction of sp³-hybridized carbons (Fsp3) is 0.200. The Morgan fingerprint density at radius 3 is 2.58 bits per heavy atom. The van der Waals surface area contributed by atoms with Crippen LogP contribution in [0.3, 0.4) is 0 Å². The van der Waals surface area contributed by atoms with Gasteiger partial charge in [0.25, 0.3) is 0 Å². The third-order valence-corrected chi connectivity index (χ3v) is 3.97. The fourth-order valence-electron chi connectivity index (χ4n) is 2.02. The summed E-state index contributed by atoms with van der Waals surface area (Å²) in [5.41, 5.74) is 8.40. The molecule has 0 heterocycles. The molecule has 0 bridgehead atoms. The van der Waals surface area contributed by atoms with Crippen LogP contribution in [0.2, 0.25) is 10.0 Å². The minimum atomic E-state index is 0.0188. The SMILES string of the molecule is NC(Cc1cccc(Br)c1)Cc1cc(Cl)ccc1Cl. The number of nitrogens with two attached hydrogens (primary N) is 1. The van der Waals surface area contributed by atoms with Crippen LogP contribution >= 0.6 is 39.1 Å². The molecule has 2 N–H and O–H groups in total. The highest BCUT2D eigenvalue weighted by atomic mass is 79.9. The molecular weight excluding hydrogens is 345 g/mol. The second-order valence-electron chi connectivity index (χ2n) is 4.53. The van der Waals surface area contributed by atoms with Gasteiger partial charge < -0.3 is 5.73 Å². The number of hydrogen-bond donors (Lipinski definition) is 1. The van der Waals surface area contributed by atoms with Gasteiger partial charge in [0.1, 0.15) is 0 Å². The summed E-state index contributed by atoms with van der Waals surface area (Å²) in [7, 11) is 0. The topological polar surface area (TPSA) is 26.0 Å². The Labute approximate surface area is 131 Å². The normalized spacial score (nSPS) is 12.4. The van der Waals surface area contributed by atoms with Gasteiger partial charge in [-0.05, 0) is 54.3 Å². The Morgan fingerprint density at radius 1 is 1.05 bits per heavy atom. The maximum atomic E-state index is 6.19. The number of rotatable bonds is 4. The Kier molecular flexibility index (Phi) is 5.28. The molecule has 2 rings (SSSR count). The smallest absolute Gasteiger partial charge is 0.0439 e. The third kappa shape index (κ3) is 4.50. The Bertz CT molecular complexity index is 572. The van der Waals surface area contributed by atoms with Gasteiger partial charge in [-0.2, -0.15) is 0 Å². The van der Waals surface area contributed by atoms with E-state index in [-0.39, 0.29) is 6.04 Å². The van der Waals surface area contributed by atoms with E-state index < -0.39 is 0 Å². The van der Waals surface area contributed by atoms with Gasteiger partial charge in [-0.15, -0.1) is 0 Å². The van der Waals surface area contributed by atoms with Crippen molar-refractivity contribution in [1.82, 2.24) is 0 Å². The van der Waals surface area contributed by atoms with Crippen molar-refractivity contribution >= 4 is 39.1 Å². The highest BCUT2D eigenvalue weighted by Crippen LogP contribution is 2.22. The Balaban J connectivity index is 2.05. The van der Waals surface area contributed by atoms with E-state index >= 15 is 0 Å². The molecule has 0 aliphatic carbocycles. The lowest BCUT2D eigenvalue weighted by Gasteiger charge is -2.13. The standard InChI is InChI=1S/C15H14BrCl2N/c16-12-3-1-2-10(6-12)7-14(19)9-11-8-13(17)4-5-15(11)18/h1-6,8,14H,7,9,19H2. The van der Waals surface area contributed by atoms with Gasteiger partial charge in [0.15, 0.2) is 0 Å². The summed E-state index contributed by atoms with van der Waals surface area (Å²) in [6.45, 7) is 0. The van der Waals surface area contributed by atoms with E-state index in [0.717, 1.165) is 16.5 Å². The summed E-state index contributed by atoms with van der Waals surface area (Å²) < 4.78 is 1.07.